The average Bonchev–Trinajstić information content (AvgIpc) is 3.19. The number of nitro groups is 1. The van der Waals surface area contributed by atoms with E-state index in [0.29, 0.717) is 23.7 Å². The highest BCUT2D eigenvalue weighted by molar-refractivity contribution is 6.01. The molecule has 0 unspecified atom stereocenters. The third kappa shape index (κ3) is 5.56. The van der Waals surface area contributed by atoms with E-state index in [1.807, 2.05) is 6.92 Å². The average molecular weight is 457 g/mol. The Bertz CT molecular complexity index is 1070. The Hall–Kier alpha value is -4.15. The number of hydrogen-bond donors (Lipinski definition) is 1. The van der Waals surface area contributed by atoms with Gasteiger partial charge in [0.2, 0.25) is 5.91 Å². The van der Waals surface area contributed by atoms with Gasteiger partial charge >= 0.3 is 5.97 Å². The van der Waals surface area contributed by atoms with E-state index in [0.717, 1.165) is 0 Å². The van der Waals surface area contributed by atoms with Crippen molar-refractivity contribution in [1.29, 1.82) is 0 Å². The first-order valence-electron chi connectivity index (χ1n) is 10.1. The number of benzene rings is 2. The van der Waals surface area contributed by atoms with Gasteiger partial charge in [-0.2, -0.15) is 0 Å². The Morgan fingerprint density at radius 1 is 1.21 bits per heavy atom. The van der Waals surface area contributed by atoms with Gasteiger partial charge in [0, 0.05) is 19.0 Å². The summed E-state index contributed by atoms with van der Waals surface area (Å²) in [6.07, 6.45) is -0.117. The lowest BCUT2D eigenvalue weighted by molar-refractivity contribution is -0.384. The van der Waals surface area contributed by atoms with E-state index in [-0.39, 0.29) is 30.3 Å². The van der Waals surface area contributed by atoms with Crippen LogP contribution in [-0.4, -0.2) is 49.6 Å². The molecule has 3 rings (SSSR count). The number of rotatable bonds is 9. The Kier molecular flexibility index (Phi) is 7.44. The minimum absolute atomic E-state index is 0.000625. The molecule has 1 N–H and O–H groups in total. The highest BCUT2D eigenvalue weighted by atomic mass is 16.6. The number of amides is 2. The summed E-state index contributed by atoms with van der Waals surface area (Å²) < 4.78 is 15.7. The number of non-ortho nitro benzene ring substituents is 1. The molecule has 0 aliphatic carbocycles. The fourth-order valence-electron chi connectivity index (χ4n) is 3.39. The molecule has 2 aromatic rings. The lowest BCUT2D eigenvalue weighted by Crippen LogP contribution is -2.28. The number of hydrogen-bond acceptors (Lipinski definition) is 8. The first-order valence-corrected chi connectivity index (χ1v) is 10.1. The number of nitrogens with zero attached hydrogens (tertiary/aromatic N) is 2. The lowest BCUT2D eigenvalue weighted by atomic mass is 10.1. The zero-order valence-electron chi connectivity index (χ0n) is 18.1. The van der Waals surface area contributed by atoms with Gasteiger partial charge in [-0.05, 0) is 25.1 Å². The standard InChI is InChI=1S/C22H23N3O8/c1-3-32-18-7-5-4-6-16(18)23-20(26)13-33-22(28)14-10-21(27)24(12-14)17-9-8-15(25(29)30)11-19(17)31-2/h4-9,11,14H,3,10,12-13H2,1-2H3,(H,23,26)/t14-/m0/s1. The van der Waals surface area contributed by atoms with Crippen molar-refractivity contribution < 1.29 is 33.5 Å². The van der Waals surface area contributed by atoms with E-state index in [1.54, 1.807) is 24.3 Å². The predicted octanol–water partition coefficient (Wildman–Crippen LogP) is 2.54. The molecule has 0 radical (unpaired) electrons. The lowest BCUT2D eigenvalue weighted by Gasteiger charge is -2.19. The second-order valence-corrected chi connectivity index (χ2v) is 7.10. The van der Waals surface area contributed by atoms with Crippen molar-refractivity contribution in [3.63, 3.8) is 0 Å². The zero-order chi connectivity index (χ0) is 24.0. The molecular formula is C22H23N3O8. The molecule has 1 fully saturated rings. The maximum absolute atomic E-state index is 12.5. The highest BCUT2D eigenvalue weighted by Crippen LogP contribution is 2.36. The van der Waals surface area contributed by atoms with Crippen molar-refractivity contribution in [3.05, 3.63) is 52.6 Å². The van der Waals surface area contributed by atoms with Gasteiger partial charge in [-0.1, -0.05) is 12.1 Å². The van der Waals surface area contributed by atoms with Crippen LogP contribution in [0.3, 0.4) is 0 Å². The zero-order valence-corrected chi connectivity index (χ0v) is 18.1. The smallest absolute Gasteiger partial charge is 0.311 e. The SMILES string of the molecule is CCOc1ccccc1NC(=O)COC(=O)[C@H]1CC(=O)N(c2ccc([N+](=O)[O-])cc2OC)C1. The van der Waals surface area contributed by atoms with E-state index >= 15 is 0 Å². The summed E-state index contributed by atoms with van der Waals surface area (Å²) in [7, 11) is 1.33. The normalized spacial score (nSPS) is 15.2. The number of carbonyl (C=O) groups excluding carboxylic acids is 3. The minimum Gasteiger partial charge on any atom is -0.494 e. The first-order chi connectivity index (χ1) is 15.8. The minimum atomic E-state index is -0.791. The fraction of sp³-hybridized carbons (Fsp3) is 0.318. The van der Waals surface area contributed by atoms with Gasteiger partial charge in [0.15, 0.2) is 6.61 Å². The molecule has 0 aromatic heterocycles. The molecule has 1 aliphatic heterocycles. The summed E-state index contributed by atoms with van der Waals surface area (Å²) in [5.41, 5.74) is 0.580. The Balaban J connectivity index is 1.60. The highest BCUT2D eigenvalue weighted by Gasteiger charge is 2.37. The first kappa shape index (κ1) is 23.5. The topological polar surface area (TPSA) is 137 Å². The van der Waals surface area contributed by atoms with Gasteiger partial charge < -0.3 is 24.4 Å². The molecule has 1 heterocycles. The van der Waals surface area contributed by atoms with Gasteiger partial charge in [0.1, 0.15) is 11.5 Å². The molecule has 0 bridgehead atoms. The molecule has 174 valence electrons. The second-order valence-electron chi connectivity index (χ2n) is 7.10. The Labute approximate surface area is 189 Å². The summed E-state index contributed by atoms with van der Waals surface area (Å²) in [4.78, 5) is 48.9. The quantitative estimate of drug-likeness (QED) is 0.344. The van der Waals surface area contributed by atoms with E-state index in [4.69, 9.17) is 14.2 Å². The van der Waals surface area contributed by atoms with Crippen LogP contribution in [-0.2, 0) is 19.1 Å². The van der Waals surface area contributed by atoms with Gasteiger partial charge in [-0.3, -0.25) is 24.5 Å². The second kappa shape index (κ2) is 10.4. The van der Waals surface area contributed by atoms with Crippen LogP contribution in [0.5, 0.6) is 11.5 Å². The number of esters is 1. The van der Waals surface area contributed by atoms with E-state index in [1.165, 1.54) is 30.2 Å². The number of nitrogens with one attached hydrogen (secondary N) is 1. The number of carbonyl (C=O) groups is 3. The third-order valence-electron chi connectivity index (χ3n) is 4.93. The third-order valence-corrected chi connectivity index (χ3v) is 4.93. The van der Waals surface area contributed by atoms with Crippen molar-refractivity contribution in [1.82, 2.24) is 0 Å². The van der Waals surface area contributed by atoms with Crippen molar-refractivity contribution >= 4 is 34.8 Å². The van der Waals surface area contributed by atoms with Crippen molar-refractivity contribution in [2.24, 2.45) is 5.92 Å². The molecule has 2 amide bonds. The largest absolute Gasteiger partial charge is 0.494 e. The van der Waals surface area contributed by atoms with Crippen molar-refractivity contribution in [2.45, 2.75) is 13.3 Å². The summed E-state index contributed by atoms with van der Waals surface area (Å²) in [5, 5.41) is 13.6. The van der Waals surface area contributed by atoms with E-state index in [9.17, 15) is 24.5 Å². The number of ether oxygens (including phenoxy) is 3. The van der Waals surface area contributed by atoms with E-state index < -0.39 is 29.3 Å². The molecule has 0 spiro atoms. The summed E-state index contributed by atoms with van der Waals surface area (Å²) in [6, 6.07) is 10.7. The molecule has 33 heavy (non-hydrogen) atoms. The number of para-hydroxylation sites is 2. The molecule has 2 aromatic carbocycles. The van der Waals surface area contributed by atoms with E-state index in [2.05, 4.69) is 5.32 Å². The Morgan fingerprint density at radius 3 is 2.67 bits per heavy atom. The van der Waals surface area contributed by atoms with Crippen LogP contribution in [0.1, 0.15) is 13.3 Å². The molecule has 11 heteroatoms. The summed E-state index contributed by atoms with van der Waals surface area (Å²) in [5.74, 6) is -1.76. The maximum atomic E-state index is 12.5. The van der Waals surface area contributed by atoms with Crippen molar-refractivity contribution in [2.75, 3.05) is 37.1 Å². The molecule has 1 atom stereocenters. The van der Waals surface area contributed by atoms with Crippen LogP contribution in [0.15, 0.2) is 42.5 Å². The molecule has 1 saturated heterocycles. The summed E-state index contributed by atoms with van der Waals surface area (Å²) in [6.45, 7) is 1.72. The van der Waals surface area contributed by atoms with Gasteiger partial charge in [-0.15, -0.1) is 0 Å². The monoisotopic (exact) mass is 457 g/mol. The summed E-state index contributed by atoms with van der Waals surface area (Å²) >= 11 is 0. The van der Waals surface area contributed by atoms with Crippen LogP contribution < -0.4 is 19.7 Å². The van der Waals surface area contributed by atoms with Gasteiger partial charge in [0.25, 0.3) is 11.6 Å². The van der Waals surface area contributed by atoms with Crippen LogP contribution >= 0.6 is 0 Å². The van der Waals surface area contributed by atoms with Crippen LogP contribution in [0.2, 0.25) is 0 Å². The number of nitro benzene ring substituents is 1. The number of anilines is 2. The van der Waals surface area contributed by atoms with Crippen molar-refractivity contribution in [3.8, 4) is 11.5 Å². The number of methoxy groups -OCH3 is 1. The van der Waals surface area contributed by atoms with Crippen LogP contribution in [0.25, 0.3) is 0 Å². The van der Waals surface area contributed by atoms with Gasteiger partial charge in [0.05, 0.1) is 42.0 Å². The molecule has 0 saturated carbocycles. The molecule has 11 nitrogen and oxygen atoms in total. The van der Waals surface area contributed by atoms with Gasteiger partial charge in [-0.25, -0.2) is 0 Å². The molecule has 1 aliphatic rings. The van der Waals surface area contributed by atoms with Crippen LogP contribution in [0, 0.1) is 16.0 Å². The molecular weight excluding hydrogens is 434 g/mol. The predicted molar refractivity (Wildman–Crippen MR) is 117 cm³/mol. The Morgan fingerprint density at radius 2 is 1.97 bits per heavy atom. The maximum Gasteiger partial charge on any atom is 0.311 e. The van der Waals surface area contributed by atoms with Crippen LogP contribution in [0.4, 0.5) is 17.1 Å². The fourth-order valence-corrected chi connectivity index (χ4v) is 3.39.